The number of imide groups is 1. The highest BCUT2D eigenvalue weighted by molar-refractivity contribution is 6.13. The summed E-state index contributed by atoms with van der Waals surface area (Å²) in [4.78, 5) is 36.0. The summed E-state index contributed by atoms with van der Waals surface area (Å²) in [7, 11) is 0. The normalized spacial score (nSPS) is 17.4. The molecule has 0 unspecified atom stereocenters. The molecular weight excluding hydrogens is 482 g/mol. The van der Waals surface area contributed by atoms with Crippen molar-refractivity contribution in [3.05, 3.63) is 156 Å². The Balaban J connectivity index is 2.06. The monoisotopic (exact) mass is 517 g/mol. The minimum absolute atomic E-state index is 0.452. The van der Waals surface area contributed by atoms with E-state index in [-0.39, 0.29) is 0 Å². The van der Waals surface area contributed by atoms with Gasteiger partial charge in [-0.1, -0.05) is 140 Å². The van der Waals surface area contributed by atoms with E-state index in [1.807, 2.05) is 143 Å². The largest absolute Gasteiger partial charge is 0.271 e. The maximum Gasteiger partial charge on any atom is 0.269 e. The average Bonchev–Trinajstić information content (AvgIpc) is 3.12. The topological polar surface area (TPSA) is 46.6 Å². The molecule has 1 aliphatic heterocycles. The predicted octanol–water partition coefficient (Wildman–Crippen LogP) is 7.56. The fourth-order valence-electron chi connectivity index (χ4n) is 5.68. The van der Waals surface area contributed by atoms with E-state index in [2.05, 4.69) is 0 Å². The van der Waals surface area contributed by atoms with Crippen molar-refractivity contribution in [3.63, 3.8) is 0 Å². The Labute approximate surface area is 231 Å². The molecular formula is C35H35NO3. The van der Waals surface area contributed by atoms with Crippen LogP contribution in [-0.4, -0.2) is 16.9 Å². The zero-order valence-corrected chi connectivity index (χ0v) is 23.0. The summed E-state index contributed by atoms with van der Waals surface area (Å²) in [5.41, 5.74) is -1.51. The number of hydrogen-bond donors (Lipinski definition) is 0. The third kappa shape index (κ3) is 4.41. The van der Waals surface area contributed by atoms with Crippen molar-refractivity contribution in [2.45, 2.75) is 33.3 Å². The first-order valence-electron chi connectivity index (χ1n) is 13.3. The number of hydrogen-bond acceptors (Lipinski definition) is 3. The first kappa shape index (κ1) is 27.7. The second-order valence-electron chi connectivity index (χ2n) is 9.51. The number of hydroxylamine groups is 2. The van der Waals surface area contributed by atoms with Crippen molar-refractivity contribution in [1.29, 1.82) is 0 Å². The second kappa shape index (κ2) is 11.6. The SMILES string of the molecule is C/C=C\C1(/C=C\C)C(=O)N(OC(c2ccccc2)(c2ccccc2)c2ccccc2)C(=O)C1(/C=C\C)/C=C\C. The molecule has 0 saturated carbocycles. The van der Waals surface area contributed by atoms with E-state index >= 15 is 0 Å². The quantitative estimate of drug-likeness (QED) is 0.167. The highest BCUT2D eigenvalue weighted by Gasteiger charge is 2.66. The van der Waals surface area contributed by atoms with Gasteiger partial charge in [-0.15, -0.1) is 5.06 Å². The number of nitrogens with zero attached hydrogens (tertiary/aromatic N) is 1. The van der Waals surface area contributed by atoms with Gasteiger partial charge in [-0.3, -0.25) is 9.59 Å². The molecule has 0 bridgehead atoms. The van der Waals surface area contributed by atoms with Gasteiger partial charge in [0.15, 0.2) is 5.60 Å². The van der Waals surface area contributed by atoms with Gasteiger partial charge in [0.1, 0.15) is 10.8 Å². The molecule has 39 heavy (non-hydrogen) atoms. The first-order chi connectivity index (χ1) is 19.0. The van der Waals surface area contributed by atoms with Crippen LogP contribution in [0.1, 0.15) is 44.4 Å². The minimum atomic E-state index is -1.30. The Morgan fingerprint density at radius 2 is 0.821 bits per heavy atom. The van der Waals surface area contributed by atoms with E-state index < -0.39 is 28.2 Å². The Morgan fingerprint density at radius 3 is 1.08 bits per heavy atom. The van der Waals surface area contributed by atoms with E-state index in [0.717, 1.165) is 21.8 Å². The zero-order chi connectivity index (χ0) is 27.9. The molecule has 3 aromatic carbocycles. The van der Waals surface area contributed by atoms with Crippen LogP contribution in [0.25, 0.3) is 0 Å². The van der Waals surface area contributed by atoms with Crippen LogP contribution in [0.5, 0.6) is 0 Å². The molecule has 198 valence electrons. The standard InChI is InChI=1S/C35H35NO3/c1-5-24-33(25-6-2)31(37)36(32(38)34(33,26-7-3)27-8-4)39-35(28-18-12-9-13-19-28,29-20-14-10-15-21-29)30-22-16-11-17-23-30/h5-27H,1-4H3/b24-5-,25-6-,26-7-,27-8-. The van der Waals surface area contributed by atoms with Crippen LogP contribution in [0.4, 0.5) is 0 Å². The number of carbonyl (C=O) groups is 2. The van der Waals surface area contributed by atoms with Gasteiger partial charge in [-0.2, -0.15) is 0 Å². The summed E-state index contributed by atoms with van der Waals surface area (Å²) in [6, 6.07) is 29.1. The van der Waals surface area contributed by atoms with Crippen LogP contribution >= 0.6 is 0 Å². The maximum absolute atomic E-state index is 14.6. The molecule has 1 heterocycles. The molecule has 3 aromatic rings. The minimum Gasteiger partial charge on any atom is -0.271 e. The molecule has 4 nitrogen and oxygen atoms in total. The van der Waals surface area contributed by atoms with E-state index in [4.69, 9.17) is 4.84 Å². The third-order valence-corrected chi connectivity index (χ3v) is 7.25. The van der Waals surface area contributed by atoms with Crippen LogP contribution in [0.2, 0.25) is 0 Å². The van der Waals surface area contributed by atoms with Gasteiger partial charge < -0.3 is 0 Å². The van der Waals surface area contributed by atoms with Gasteiger partial charge in [0.2, 0.25) is 0 Å². The van der Waals surface area contributed by atoms with Crippen molar-refractivity contribution >= 4 is 11.8 Å². The van der Waals surface area contributed by atoms with Gasteiger partial charge in [0.25, 0.3) is 11.8 Å². The number of amides is 2. The van der Waals surface area contributed by atoms with Crippen LogP contribution in [0, 0.1) is 10.8 Å². The second-order valence-corrected chi connectivity index (χ2v) is 9.51. The lowest BCUT2D eigenvalue weighted by Gasteiger charge is -2.37. The van der Waals surface area contributed by atoms with Crippen LogP contribution < -0.4 is 0 Å². The van der Waals surface area contributed by atoms with E-state index in [1.165, 1.54) is 0 Å². The van der Waals surface area contributed by atoms with Crippen molar-refractivity contribution in [2.24, 2.45) is 10.8 Å². The molecule has 4 heteroatoms. The summed E-state index contributed by atoms with van der Waals surface area (Å²) >= 11 is 0. The van der Waals surface area contributed by atoms with Crippen LogP contribution in [0.15, 0.2) is 140 Å². The van der Waals surface area contributed by atoms with Gasteiger partial charge in [-0.25, -0.2) is 4.84 Å². The van der Waals surface area contributed by atoms with Crippen LogP contribution in [-0.2, 0) is 20.0 Å². The van der Waals surface area contributed by atoms with Crippen molar-refractivity contribution in [2.75, 3.05) is 0 Å². The highest BCUT2D eigenvalue weighted by Crippen LogP contribution is 2.55. The van der Waals surface area contributed by atoms with E-state index in [0.29, 0.717) is 0 Å². The average molecular weight is 518 g/mol. The number of rotatable bonds is 9. The molecule has 2 amide bonds. The first-order valence-corrected chi connectivity index (χ1v) is 13.3. The Morgan fingerprint density at radius 1 is 0.538 bits per heavy atom. The lowest BCUT2D eigenvalue weighted by atomic mass is 9.63. The predicted molar refractivity (Wildman–Crippen MR) is 156 cm³/mol. The Bertz CT molecular complexity index is 1240. The molecule has 1 saturated heterocycles. The fraction of sp³-hybridized carbons (Fsp3) is 0.200. The molecule has 0 spiro atoms. The Kier molecular flexibility index (Phi) is 8.27. The molecule has 4 rings (SSSR count). The summed E-state index contributed by atoms with van der Waals surface area (Å²) in [6.45, 7) is 7.41. The summed E-state index contributed by atoms with van der Waals surface area (Å²) in [5, 5.41) is 0.993. The van der Waals surface area contributed by atoms with Gasteiger partial charge in [0.05, 0.1) is 0 Å². The molecule has 0 N–H and O–H groups in total. The smallest absolute Gasteiger partial charge is 0.269 e. The molecule has 0 aliphatic carbocycles. The molecule has 1 aliphatic rings. The summed E-state index contributed by atoms with van der Waals surface area (Å²) in [5.74, 6) is -0.904. The lowest BCUT2D eigenvalue weighted by molar-refractivity contribution is -0.217. The fourth-order valence-corrected chi connectivity index (χ4v) is 5.68. The Hall–Kier alpha value is -4.28. The summed E-state index contributed by atoms with van der Waals surface area (Å²) < 4.78 is 0. The maximum atomic E-state index is 14.6. The zero-order valence-electron chi connectivity index (χ0n) is 23.0. The third-order valence-electron chi connectivity index (χ3n) is 7.25. The lowest BCUT2D eigenvalue weighted by Crippen LogP contribution is -2.44. The highest BCUT2D eigenvalue weighted by atomic mass is 16.7. The van der Waals surface area contributed by atoms with E-state index in [1.54, 1.807) is 24.3 Å². The van der Waals surface area contributed by atoms with Crippen molar-refractivity contribution < 1.29 is 14.4 Å². The van der Waals surface area contributed by atoms with E-state index in [9.17, 15) is 9.59 Å². The number of carbonyl (C=O) groups excluding carboxylic acids is 2. The van der Waals surface area contributed by atoms with Crippen LogP contribution in [0.3, 0.4) is 0 Å². The molecule has 0 aromatic heterocycles. The molecule has 0 atom stereocenters. The summed E-state index contributed by atoms with van der Waals surface area (Å²) in [6.07, 6.45) is 14.4. The van der Waals surface area contributed by atoms with Gasteiger partial charge in [-0.05, 0) is 44.4 Å². The number of allylic oxidation sites excluding steroid dienone is 4. The molecule has 0 radical (unpaired) electrons. The van der Waals surface area contributed by atoms with Gasteiger partial charge >= 0.3 is 0 Å². The number of benzene rings is 3. The molecule has 1 fully saturated rings. The van der Waals surface area contributed by atoms with Gasteiger partial charge in [0, 0.05) is 0 Å². The van der Waals surface area contributed by atoms with Crippen molar-refractivity contribution in [3.8, 4) is 0 Å². The van der Waals surface area contributed by atoms with Crippen molar-refractivity contribution in [1.82, 2.24) is 5.06 Å².